The molecule has 1 aromatic rings. The van der Waals surface area contributed by atoms with Crippen LogP contribution in [0.4, 0.5) is 0 Å². The van der Waals surface area contributed by atoms with Crippen molar-refractivity contribution in [3.8, 4) is 0 Å². The van der Waals surface area contributed by atoms with Gasteiger partial charge >= 0.3 is 0 Å². The smallest absolute Gasteiger partial charge is 0.138 e. The van der Waals surface area contributed by atoms with Crippen LogP contribution in [0, 0.1) is 0 Å². The molecule has 14 heavy (non-hydrogen) atoms. The predicted octanol–water partition coefficient (Wildman–Crippen LogP) is 0.829. The summed E-state index contributed by atoms with van der Waals surface area (Å²) in [6.45, 7) is 0. The van der Waals surface area contributed by atoms with Crippen LogP contribution in [0.25, 0.3) is 0 Å². The number of nitrogens with zero attached hydrogens (tertiary/aromatic N) is 3. The van der Waals surface area contributed by atoms with Crippen LogP contribution < -0.4 is 0 Å². The molecule has 0 fully saturated rings. The van der Waals surface area contributed by atoms with Crippen LogP contribution in [0.1, 0.15) is 25.1 Å². The third-order valence-electron chi connectivity index (χ3n) is 2.62. The van der Waals surface area contributed by atoms with E-state index >= 15 is 0 Å². The Bertz CT molecular complexity index is 343. The highest BCUT2D eigenvalue weighted by molar-refractivity contribution is 5.13. The molecule has 1 aromatic heterocycles. The Labute approximate surface area is 83.3 Å². The van der Waals surface area contributed by atoms with E-state index in [0.29, 0.717) is 0 Å². The monoisotopic (exact) mass is 193 g/mol. The fourth-order valence-corrected chi connectivity index (χ4v) is 1.81. The second kappa shape index (κ2) is 3.92. The van der Waals surface area contributed by atoms with Crippen LogP contribution in [0.5, 0.6) is 0 Å². The van der Waals surface area contributed by atoms with Gasteiger partial charge in [0.15, 0.2) is 0 Å². The molecule has 1 atom stereocenters. The van der Waals surface area contributed by atoms with Gasteiger partial charge < -0.3 is 5.11 Å². The Morgan fingerprint density at radius 1 is 1.64 bits per heavy atom. The molecule has 4 nitrogen and oxygen atoms in total. The summed E-state index contributed by atoms with van der Waals surface area (Å²) in [6.07, 6.45) is 7.12. The molecule has 0 aliphatic heterocycles. The lowest BCUT2D eigenvalue weighted by molar-refractivity contribution is 0.201. The molecule has 0 amide bonds. The van der Waals surface area contributed by atoms with Gasteiger partial charge in [0, 0.05) is 13.5 Å². The molecule has 1 aliphatic carbocycles. The van der Waals surface area contributed by atoms with Gasteiger partial charge in [0.25, 0.3) is 0 Å². The molecular formula is C10H15N3O. The Morgan fingerprint density at radius 3 is 3.14 bits per heavy atom. The highest BCUT2D eigenvalue weighted by atomic mass is 16.3. The SMILES string of the molecule is Cn1ncnc1CC1=CC(O)CCC1. The van der Waals surface area contributed by atoms with E-state index in [4.69, 9.17) is 0 Å². The van der Waals surface area contributed by atoms with Crippen LogP contribution in [0.3, 0.4) is 0 Å². The number of aliphatic hydroxyl groups is 1. The molecule has 1 heterocycles. The lowest BCUT2D eigenvalue weighted by Gasteiger charge is -2.16. The van der Waals surface area contributed by atoms with Gasteiger partial charge in [-0.3, -0.25) is 4.68 Å². The maximum Gasteiger partial charge on any atom is 0.138 e. The third-order valence-corrected chi connectivity index (χ3v) is 2.62. The minimum atomic E-state index is -0.257. The number of hydrogen-bond acceptors (Lipinski definition) is 3. The zero-order valence-corrected chi connectivity index (χ0v) is 8.35. The molecule has 0 saturated heterocycles. The minimum Gasteiger partial charge on any atom is -0.389 e. The van der Waals surface area contributed by atoms with Crippen molar-refractivity contribution in [3.05, 3.63) is 23.8 Å². The van der Waals surface area contributed by atoms with E-state index < -0.39 is 0 Å². The average molecular weight is 193 g/mol. The zero-order valence-electron chi connectivity index (χ0n) is 8.35. The first-order valence-electron chi connectivity index (χ1n) is 4.96. The lowest BCUT2D eigenvalue weighted by atomic mass is 9.95. The van der Waals surface area contributed by atoms with Crippen molar-refractivity contribution in [1.29, 1.82) is 0 Å². The van der Waals surface area contributed by atoms with E-state index in [9.17, 15) is 5.11 Å². The summed E-state index contributed by atoms with van der Waals surface area (Å²) >= 11 is 0. The van der Waals surface area contributed by atoms with E-state index in [0.717, 1.165) is 31.5 Å². The molecule has 0 aromatic carbocycles. The summed E-state index contributed by atoms with van der Waals surface area (Å²) in [5.41, 5.74) is 1.28. The summed E-state index contributed by atoms with van der Waals surface area (Å²) in [5, 5.41) is 13.5. The van der Waals surface area contributed by atoms with Crippen molar-refractivity contribution >= 4 is 0 Å². The Hall–Kier alpha value is -1.16. The minimum absolute atomic E-state index is 0.257. The van der Waals surface area contributed by atoms with Gasteiger partial charge in [-0.05, 0) is 19.3 Å². The van der Waals surface area contributed by atoms with E-state index in [1.165, 1.54) is 5.57 Å². The highest BCUT2D eigenvalue weighted by Gasteiger charge is 2.12. The summed E-state index contributed by atoms with van der Waals surface area (Å²) in [5.74, 6) is 0.963. The number of aliphatic hydroxyl groups excluding tert-OH is 1. The van der Waals surface area contributed by atoms with Crippen molar-refractivity contribution in [3.63, 3.8) is 0 Å². The summed E-state index contributed by atoms with van der Waals surface area (Å²) in [6, 6.07) is 0. The van der Waals surface area contributed by atoms with Crippen molar-refractivity contribution in [2.75, 3.05) is 0 Å². The molecule has 0 bridgehead atoms. The van der Waals surface area contributed by atoms with Crippen LogP contribution >= 0.6 is 0 Å². The fraction of sp³-hybridized carbons (Fsp3) is 0.600. The van der Waals surface area contributed by atoms with E-state index in [2.05, 4.69) is 10.1 Å². The predicted molar refractivity (Wildman–Crippen MR) is 52.6 cm³/mol. The molecule has 1 unspecified atom stereocenters. The number of allylic oxidation sites excluding steroid dienone is 1. The standard InChI is InChI=1S/C10H15N3O/c1-13-10(11-7-12-13)6-8-3-2-4-9(14)5-8/h5,7,9,14H,2-4,6H2,1H3. The van der Waals surface area contributed by atoms with Gasteiger partial charge in [0.1, 0.15) is 12.2 Å². The zero-order chi connectivity index (χ0) is 9.97. The van der Waals surface area contributed by atoms with Crippen molar-refractivity contribution in [1.82, 2.24) is 14.8 Å². The molecule has 0 spiro atoms. The fourth-order valence-electron chi connectivity index (χ4n) is 1.81. The maximum absolute atomic E-state index is 9.46. The number of hydrogen-bond donors (Lipinski definition) is 1. The van der Waals surface area contributed by atoms with Gasteiger partial charge in [0.05, 0.1) is 6.10 Å². The van der Waals surface area contributed by atoms with E-state index in [-0.39, 0.29) is 6.10 Å². The van der Waals surface area contributed by atoms with Gasteiger partial charge in [-0.15, -0.1) is 0 Å². The van der Waals surface area contributed by atoms with Crippen LogP contribution in [0.15, 0.2) is 18.0 Å². The molecule has 2 rings (SSSR count). The lowest BCUT2D eigenvalue weighted by Crippen LogP contribution is -2.11. The number of aromatic nitrogens is 3. The summed E-state index contributed by atoms with van der Waals surface area (Å²) < 4.78 is 1.78. The highest BCUT2D eigenvalue weighted by Crippen LogP contribution is 2.20. The quantitative estimate of drug-likeness (QED) is 0.708. The normalized spacial score (nSPS) is 22.1. The van der Waals surface area contributed by atoms with Crippen molar-refractivity contribution in [2.24, 2.45) is 7.05 Å². The molecule has 0 saturated carbocycles. The van der Waals surface area contributed by atoms with E-state index in [1.54, 1.807) is 11.0 Å². The summed E-state index contributed by atoms with van der Waals surface area (Å²) in [4.78, 5) is 4.16. The number of aryl methyl sites for hydroxylation is 1. The van der Waals surface area contributed by atoms with Gasteiger partial charge in [-0.1, -0.05) is 11.6 Å². The topological polar surface area (TPSA) is 50.9 Å². The third kappa shape index (κ3) is 2.01. The second-order valence-electron chi connectivity index (χ2n) is 3.76. The molecule has 1 N–H and O–H groups in total. The first-order chi connectivity index (χ1) is 6.75. The maximum atomic E-state index is 9.46. The summed E-state index contributed by atoms with van der Waals surface area (Å²) in [7, 11) is 1.89. The first kappa shape index (κ1) is 9.40. The second-order valence-corrected chi connectivity index (χ2v) is 3.76. The van der Waals surface area contributed by atoms with Crippen molar-refractivity contribution in [2.45, 2.75) is 31.8 Å². The Morgan fingerprint density at radius 2 is 2.50 bits per heavy atom. The molecule has 4 heteroatoms. The molecule has 1 aliphatic rings. The Balaban J connectivity index is 2.07. The van der Waals surface area contributed by atoms with Crippen LogP contribution in [-0.4, -0.2) is 26.0 Å². The first-order valence-corrected chi connectivity index (χ1v) is 4.96. The average Bonchev–Trinajstić information content (AvgIpc) is 2.52. The van der Waals surface area contributed by atoms with Gasteiger partial charge in [0.2, 0.25) is 0 Å². The largest absolute Gasteiger partial charge is 0.389 e. The Kier molecular flexibility index (Phi) is 2.63. The van der Waals surface area contributed by atoms with E-state index in [1.807, 2.05) is 13.1 Å². The van der Waals surface area contributed by atoms with Gasteiger partial charge in [-0.2, -0.15) is 5.10 Å². The molecule has 76 valence electrons. The number of rotatable bonds is 2. The van der Waals surface area contributed by atoms with Crippen molar-refractivity contribution < 1.29 is 5.11 Å². The molecular weight excluding hydrogens is 178 g/mol. The van der Waals surface area contributed by atoms with Crippen LogP contribution in [-0.2, 0) is 13.5 Å². The van der Waals surface area contributed by atoms with Crippen LogP contribution in [0.2, 0.25) is 0 Å². The van der Waals surface area contributed by atoms with Gasteiger partial charge in [-0.25, -0.2) is 4.98 Å². The molecule has 0 radical (unpaired) electrons.